The van der Waals surface area contributed by atoms with Gasteiger partial charge in [0.1, 0.15) is 0 Å². The van der Waals surface area contributed by atoms with E-state index in [-0.39, 0.29) is 18.4 Å². The van der Waals surface area contributed by atoms with Crippen molar-refractivity contribution in [2.24, 2.45) is 0 Å². The van der Waals surface area contributed by atoms with Crippen molar-refractivity contribution in [1.29, 1.82) is 0 Å². The smallest absolute Gasteiger partial charge is 0.251 e. The van der Waals surface area contributed by atoms with Gasteiger partial charge in [0.15, 0.2) is 0 Å². The Balaban J connectivity index is 2.26. The van der Waals surface area contributed by atoms with Crippen molar-refractivity contribution in [2.75, 3.05) is 30.8 Å². The molecule has 0 heterocycles. The van der Waals surface area contributed by atoms with Crippen LogP contribution in [0.2, 0.25) is 0 Å². The summed E-state index contributed by atoms with van der Waals surface area (Å²) in [6.07, 6.45) is 2.95. The van der Waals surface area contributed by atoms with E-state index in [1.165, 1.54) is 0 Å². The molecule has 0 saturated carbocycles. The van der Waals surface area contributed by atoms with Crippen LogP contribution >= 0.6 is 11.8 Å². The lowest BCUT2D eigenvalue weighted by atomic mass is 10.2. The lowest BCUT2D eigenvalue weighted by molar-refractivity contribution is -0.120. The SMILES string of the molecule is CSCCCNC(=O)CNC(=O)c1ccc(N)cc1. The molecule has 0 spiro atoms. The van der Waals surface area contributed by atoms with E-state index in [9.17, 15) is 9.59 Å². The first kappa shape index (κ1) is 15.4. The topological polar surface area (TPSA) is 84.2 Å². The van der Waals surface area contributed by atoms with E-state index in [4.69, 9.17) is 5.73 Å². The van der Waals surface area contributed by atoms with Crippen LogP contribution < -0.4 is 16.4 Å². The molecule has 19 heavy (non-hydrogen) atoms. The van der Waals surface area contributed by atoms with Crippen LogP contribution in [0.4, 0.5) is 5.69 Å². The van der Waals surface area contributed by atoms with Crippen molar-refractivity contribution in [3.05, 3.63) is 29.8 Å². The van der Waals surface area contributed by atoms with E-state index in [0.29, 0.717) is 17.8 Å². The summed E-state index contributed by atoms with van der Waals surface area (Å²) in [5.41, 5.74) is 6.62. The van der Waals surface area contributed by atoms with E-state index in [0.717, 1.165) is 12.2 Å². The molecule has 0 aliphatic heterocycles. The summed E-state index contributed by atoms with van der Waals surface area (Å²) in [6, 6.07) is 6.55. The average molecular weight is 281 g/mol. The number of anilines is 1. The van der Waals surface area contributed by atoms with Crippen LogP contribution in [0.15, 0.2) is 24.3 Å². The molecule has 1 aromatic rings. The molecule has 4 N–H and O–H groups in total. The Labute approximate surface area is 117 Å². The molecule has 0 bridgehead atoms. The fourth-order valence-corrected chi connectivity index (χ4v) is 1.84. The van der Waals surface area contributed by atoms with Crippen LogP contribution in [0.1, 0.15) is 16.8 Å². The minimum absolute atomic E-state index is 0.0114. The second-order valence-corrected chi connectivity index (χ2v) is 4.99. The fourth-order valence-electron chi connectivity index (χ4n) is 1.40. The van der Waals surface area contributed by atoms with Crippen molar-refractivity contribution in [3.8, 4) is 0 Å². The fraction of sp³-hybridized carbons (Fsp3) is 0.385. The Kier molecular flexibility index (Phi) is 6.81. The number of thioether (sulfide) groups is 1. The highest BCUT2D eigenvalue weighted by Gasteiger charge is 2.07. The molecule has 1 rings (SSSR count). The lowest BCUT2D eigenvalue weighted by Gasteiger charge is -2.06. The van der Waals surface area contributed by atoms with Gasteiger partial charge in [-0.25, -0.2) is 0 Å². The van der Waals surface area contributed by atoms with Crippen molar-refractivity contribution < 1.29 is 9.59 Å². The maximum atomic E-state index is 11.7. The quantitative estimate of drug-likeness (QED) is 0.511. The standard InChI is InChI=1S/C13H19N3O2S/c1-19-8-2-7-15-12(17)9-16-13(18)10-3-5-11(14)6-4-10/h3-6H,2,7-9,14H2,1H3,(H,15,17)(H,16,18). The van der Waals surface area contributed by atoms with Gasteiger partial charge in [0.05, 0.1) is 6.54 Å². The average Bonchev–Trinajstić information content (AvgIpc) is 2.42. The van der Waals surface area contributed by atoms with E-state index in [1.807, 2.05) is 6.26 Å². The van der Waals surface area contributed by atoms with Crippen molar-refractivity contribution in [3.63, 3.8) is 0 Å². The highest BCUT2D eigenvalue weighted by atomic mass is 32.2. The number of hydrogen-bond acceptors (Lipinski definition) is 4. The number of carbonyl (C=O) groups is 2. The first-order valence-electron chi connectivity index (χ1n) is 6.03. The number of hydrogen-bond donors (Lipinski definition) is 3. The number of carbonyl (C=O) groups excluding carboxylic acids is 2. The summed E-state index contributed by atoms with van der Waals surface area (Å²) in [4.78, 5) is 23.1. The maximum Gasteiger partial charge on any atom is 0.251 e. The zero-order chi connectivity index (χ0) is 14.1. The maximum absolute atomic E-state index is 11.7. The molecule has 6 heteroatoms. The highest BCUT2D eigenvalue weighted by molar-refractivity contribution is 7.98. The number of amides is 2. The molecule has 0 radical (unpaired) electrons. The Bertz CT molecular complexity index is 420. The Morgan fingerprint density at radius 1 is 1.21 bits per heavy atom. The van der Waals surface area contributed by atoms with E-state index < -0.39 is 0 Å². The largest absolute Gasteiger partial charge is 0.399 e. The summed E-state index contributed by atoms with van der Waals surface area (Å²) < 4.78 is 0. The monoisotopic (exact) mass is 281 g/mol. The summed E-state index contributed by atoms with van der Waals surface area (Å²) in [7, 11) is 0. The molecule has 2 amide bonds. The van der Waals surface area contributed by atoms with Gasteiger partial charge >= 0.3 is 0 Å². The number of nitrogen functional groups attached to an aromatic ring is 1. The Morgan fingerprint density at radius 2 is 1.89 bits per heavy atom. The van der Waals surface area contributed by atoms with Gasteiger partial charge in [-0.2, -0.15) is 11.8 Å². The summed E-state index contributed by atoms with van der Waals surface area (Å²) >= 11 is 1.74. The van der Waals surface area contributed by atoms with Crippen LogP contribution in [0.5, 0.6) is 0 Å². The first-order chi connectivity index (χ1) is 9.13. The Hall–Kier alpha value is -1.69. The van der Waals surface area contributed by atoms with Gasteiger partial charge in [0.2, 0.25) is 5.91 Å². The minimum atomic E-state index is -0.278. The van der Waals surface area contributed by atoms with E-state index in [2.05, 4.69) is 10.6 Å². The van der Waals surface area contributed by atoms with E-state index in [1.54, 1.807) is 36.0 Å². The summed E-state index contributed by atoms with van der Waals surface area (Å²) in [5.74, 6) is 0.558. The van der Waals surface area contributed by atoms with Gasteiger partial charge < -0.3 is 16.4 Å². The molecule has 0 fully saturated rings. The third kappa shape index (κ3) is 6.15. The predicted molar refractivity (Wildman–Crippen MR) is 79.2 cm³/mol. The Morgan fingerprint density at radius 3 is 2.53 bits per heavy atom. The number of benzene rings is 1. The first-order valence-corrected chi connectivity index (χ1v) is 7.42. The number of nitrogens with one attached hydrogen (secondary N) is 2. The van der Waals surface area contributed by atoms with Crippen LogP contribution in [-0.2, 0) is 4.79 Å². The molecule has 5 nitrogen and oxygen atoms in total. The normalized spacial score (nSPS) is 9.95. The molecule has 0 unspecified atom stereocenters. The molecule has 0 aromatic heterocycles. The molecule has 0 aliphatic carbocycles. The zero-order valence-electron chi connectivity index (χ0n) is 10.9. The summed E-state index contributed by atoms with van der Waals surface area (Å²) in [6.45, 7) is 0.625. The third-order valence-corrected chi connectivity index (χ3v) is 3.13. The number of rotatable bonds is 7. The second kappa shape index (κ2) is 8.42. The lowest BCUT2D eigenvalue weighted by Crippen LogP contribution is -2.37. The van der Waals surface area contributed by atoms with Crippen LogP contribution in [0, 0.1) is 0 Å². The van der Waals surface area contributed by atoms with Gasteiger partial charge in [-0.05, 0) is 42.7 Å². The van der Waals surface area contributed by atoms with Gasteiger partial charge in [-0.1, -0.05) is 0 Å². The van der Waals surface area contributed by atoms with E-state index >= 15 is 0 Å². The van der Waals surface area contributed by atoms with Crippen molar-refractivity contribution in [1.82, 2.24) is 10.6 Å². The van der Waals surface area contributed by atoms with Crippen molar-refractivity contribution in [2.45, 2.75) is 6.42 Å². The zero-order valence-corrected chi connectivity index (χ0v) is 11.8. The molecule has 104 valence electrons. The molecule has 0 saturated heterocycles. The number of nitrogens with two attached hydrogens (primary N) is 1. The van der Waals surface area contributed by atoms with Crippen LogP contribution in [0.3, 0.4) is 0 Å². The van der Waals surface area contributed by atoms with Crippen molar-refractivity contribution >= 4 is 29.3 Å². The molecular weight excluding hydrogens is 262 g/mol. The predicted octanol–water partition coefficient (Wildman–Crippen LogP) is 0.868. The summed E-state index contributed by atoms with van der Waals surface area (Å²) in [5, 5.41) is 5.31. The van der Waals surface area contributed by atoms with Gasteiger partial charge in [-0.15, -0.1) is 0 Å². The van der Waals surface area contributed by atoms with Crippen LogP contribution in [-0.4, -0.2) is 36.9 Å². The van der Waals surface area contributed by atoms with Crippen LogP contribution in [0.25, 0.3) is 0 Å². The molecule has 0 atom stereocenters. The van der Waals surface area contributed by atoms with Gasteiger partial charge in [-0.3, -0.25) is 9.59 Å². The molecular formula is C13H19N3O2S. The van der Waals surface area contributed by atoms with Gasteiger partial charge in [0, 0.05) is 17.8 Å². The minimum Gasteiger partial charge on any atom is -0.399 e. The molecule has 1 aromatic carbocycles. The van der Waals surface area contributed by atoms with Gasteiger partial charge in [0.25, 0.3) is 5.91 Å². The molecule has 0 aliphatic rings. The highest BCUT2D eigenvalue weighted by Crippen LogP contribution is 2.04. The second-order valence-electron chi connectivity index (χ2n) is 4.00. The third-order valence-electron chi connectivity index (χ3n) is 2.43.